The van der Waals surface area contributed by atoms with Crippen molar-refractivity contribution < 1.29 is 9.53 Å². The quantitative estimate of drug-likeness (QED) is 0.377. The maximum Gasteiger partial charge on any atom is 0.163 e. The number of benzene rings is 1. The van der Waals surface area contributed by atoms with Crippen molar-refractivity contribution in [1.29, 1.82) is 0 Å². The number of ether oxygens (including phenoxy) is 1. The molecule has 4 rings (SSSR count). The lowest BCUT2D eigenvalue weighted by Crippen LogP contribution is -2.27. The summed E-state index contributed by atoms with van der Waals surface area (Å²) in [6.07, 6.45) is 3.19. The molecule has 33 heavy (non-hydrogen) atoms. The highest BCUT2D eigenvalue weighted by Crippen LogP contribution is 2.43. The van der Waals surface area contributed by atoms with Crippen LogP contribution in [-0.4, -0.2) is 20.9 Å². The summed E-state index contributed by atoms with van der Waals surface area (Å²) in [7, 11) is 0. The van der Waals surface area contributed by atoms with Crippen molar-refractivity contribution in [2.45, 2.75) is 86.0 Å². The Hall–Kier alpha value is -2.17. The normalized spacial score (nSPS) is 15.6. The van der Waals surface area contributed by atoms with E-state index in [1.165, 1.54) is 30.5 Å². The highest BCUT2D eigenvalue weighted by Gasteiger charge is 2.32. The van der Waals surface area contributed by atoms with Gasteiger partial charge in [0.15, 0.2) is 5.78 Å². The van der Waals surface area contributed by atoms with Crippen LogP contribution in [0.1, 0.15) is 75.6 Å². The topological polar surface area (TPSA) is 44.1 Å². The highest BCUT2D eigenvalue weighted by molar-refractivity contribution is 6.30. The van der Waals surface area contributed by atoms with Crippen molar-refractivity contribution in [2.24, 2.45) is 5.92 Å². The summed E-state index contributed by atoms with van der Waals surface area (Å²) in [6, 6.07) is 7.88. The van der Waals surface area contributed by atoms with Crippen LogP contribution in [0.25, 0.3) is 22.2 Å². The predicted octanol–water partition coefficient (Wildman–Crippen LogP) is 7.53. The van der Waals surface area contributed by atoms with Crippen molar-refractivity contribution in [3.8, 4) is 11.1 Å². The molecule has 1 saturated carbocycles. The van der Waals surface area contributed by atoms with Crippen LogP contribution >= 0.6 is 11.6 Å². The first-order valence-corrected chi connectivity index (χ1v) is 12.3. The Bertz CT molecular complexity index is 1200. The van der Waals surface area contributed by atoms with Crippen LogP contribution < -0.4 is 0 Å². The summed E-state index contributed by atoms with van der Waals surface area (Å²) < 4.78 is 8.73. The van der Waals surface area contributed by atoms with E-state index in [1.54, 1.807) is 6.92 Å². The maximum atomic E-state index is 12.9. The van der Waals surface area contributed by atoms with Gasteiger partial charge in [-0.25, -0.2) is 4.98 Å². The first kappa shape index (κ1) is 24.0. The number of aryl methyl sites for hydroxylation is 2. The molecular weight excluding hydrogens is 432 g/mol. The number of halogens is 1. The Morgan fingerprint density at radius 2 is 1.82 bits per heavy atom. The van der Waals surface area contributed by atoms with Gasteiger partial charge >= 0.3 is 0 Å². The first-order chi connectivity index (χ1) is 15.5. The lowest BCUT2D eigenvalue weighted by atomic mass is 9.85. The predicted molar refractivity (Wildman–Crippen MR) is 136 cm³/mol. The number of fused-ring (bicyclic) bond motifs is 1. The van der Waals surface area contributed by atoms with Crippen LogP contribution in [0, 0.1) is 26.7 Å². The molecule has 3 aromatic rings. The molecule has 2 aromatic heterocycles. The summed E-state index contributed by atoms with van der Waals surface area (Å²) in [5.74, 6) is 0.696. The Kier molecular flexibility index (Phi) is 6.45. The van der Waals surface area contributed by atoms with E-state index in [2.05, 4.69) is 18.4 Å². The molecule has 0 N–H and O–H groups in total. The number of ketones is 1. The molecule has 176 valence electrons. The fraction of sp³-hybridized carbons (Fsp3) is 0.500. The lowest BCUT2D eigenvalue weighted by molar-refractivity contribution is -0.138. The molecule has 1 atom stereocenters. The number of aromatic nitrogens is 2. The van der Waals surface area contributed by atoms with Gasteiger partial charge in [-0.2, -0.15) is 0 Å². The minimum absolute atomic E-state index is 0.0207. The molecule has 0 spiro atoms. The Labute approximate surface area is 202 Å². The van der Waals surface area contributed by atoms with Crippen molar-refractivity contribution in [3.05, 3.63) is 51.8 Å². The minimum Gasteiger partial charge on any atom is -0.360 e. The van der Waals surface area contributed by atoms with Crippen LogP contribution in [-0.2, 0) is 16.1 Å². The van der Waals surface area contributed by atoms with E-state index >= 15 is 0 Å². The van der Waals surface area contributed by atoms with Crippen molar-refractivity contribution in [3.63, 3.8) is 0 Å². The van der Waals surface area contributed by atoms with E-state index in [4.69, 9.17) is 21.3 Å². The summed E-state index contributed by atoms with van der Waals surface area (Å²) >= 11 is 6.23. The van der Waals surface area contributed by atoms with Gasteiger partial charge in [-0.15, -0.1) is 0 Å². The van der Waals surface area contributed by atoms with Gasteiger partial charge in [0.05, 0.1) is 5.60 Å². The SMILES string of the molecule is CC(=O)[C@@H](OC(C)(C)C)c1c(C)nc2c(c(C)c(C)n2CC2CCC2)c1-c1ccc(Cl)cc1. The molecule has 2 heterocycles. The van der Waals surface area contributed by atoms with E-state index < -0.39 is 11.7 Å². The molecule has 1 fully saturated rings. The van der Waals surface area contributed by atoms with Crippen molar-refractivity contribution >= 4 is 28.4 Å². The lowest BCUT2D eigenvalue weighted by Gasteiger charge is -2.29. The van der Waals surface area contributed by atoms with Crippen LogP contribution in [0.3, 0.4) is 0 Å². The molecular formula is C28H35ClN2O2. The molecule has 1 aromatic carbocycles. The van der Waals surface area contributed by atoms with Crippen molar-refractivity contribution in [2.75, 3.05) is 0 Å². The number of pyridine rings is 1. The van der Waals surface area contributed by atoms with Gasteiger partial charge in [0.2, 0.25) is 0 Å². The Morgan fingerprint density at radius 1 is 1.18 bits per heavy atom. The molecule has 1 aliphatic carbocycles. The number of rotatable bonds is 6. The monoisotopic (exact) mass is 466 g/mol. The third-order valence-corrected chi connectivity index (χ3v) is 7.14. The standard InChI is InChI=1S/C28H35ClN2O2/c1-16-18(3)31(15-20-9-8-10-20)27-23(16)25(21-11-13-22(29)14-12-21)24(17(2)30-27)26(19(4)32)33-28(5,6)7/h11-14,20,26H,8-10,15H2,1-7H3/t26-/m1/s1. The van der Waals surface area contributed by atoms with Gasteiger partial charge in [0.25, 0.3) is 0 Å². The van der Waals surface area contributed by atoms with E-state index in [0.29, 0.717) is 10.9 Å². The van der Waals surface area contributed by atoms with E-state index in [9.17, 15) is 4.79 Å². The van der Waals surface area contributed by atoms with E-state index in [0.717, 1.165) is 40.0 Å². The number of Topliss-reactive ketones (excluding diaryl/α,β-unsaturated/α-hetero) is 1. The number of hydrogen-bond acceptors (Lipinski definition) is 3. The van der Waals surface area contributed by atoms with Gasteiger partial charge in [0.1, 0.15) is 11.8 Å². The third kappa shape index (κ3) is 4.61. The fourth-order valence-corrected chi connectivity index (χ4v) is 5.01. The summed E-state index contributed by atoms with van der Waals surface area (Å²) in [4.78, 5) is 18.0. The van der Waals surface area contributed by atoms with Crippen molar-refractivity contribution in [1.82, 2.24) is 9.55 Å². The van der Waals surface area contributed by atoms with Gasteiger partial charge in [0, 0.05) is 39.5 Å². The van der Waals surface area contributed by atoms with Crippen LogP contribution in [0.15, 0.2) is 24.3 Å². The zero-order chi connectivity index (χ0) is 24.1. The fourth-order valence-electron chi connectivity index (χ4n) is 4.89. The number of hydrogen-bond donors (Lipinski definition) is 0. The number of carbonyl (C=O) groups is 1. The second kappa shape index (κ2) is 8.88. The number of nitrogens with zero attached hydrogens (tertiary/aromatic N) is 2. The van der Waals surface area contributed by atoms with Crippen LogP contribution in [0.2, 0.25) is 5.02 Å². The zero-order valence-corrected chi connectivity index (χ0v) is 21.6. The molecule has 0 aliphatic heterocycles. The molecule has 4 nitrogen and oxygen atoms in total. The summed E-state index contributed by atoms with van der Waals surface area (Å²) in [5.41, 5.74) is 6.73. The van der Waals surface area contributed by atoms with E-state index in [-0.39, 0.29) is 5.78 Å². The largest absolute Gasteiger partial charge is 0.360 e. The zero-order valence-electron chi connectivity index (χ0n) is 20.9. The maximum absolute atomic E-state index is 12.9. The average Bonchev–Trinajstić information content (AvgIpc) is 2.92. The average molecular weight is 467 g/mol. The van der Waals surface area contributed by atoms with Gasteiger partial charge in [-0.05, 0) is 90.5 Å². The first-order valence-electron chi connectivity index (χ1n) is 11.9. The molecule has 0 bridgehead atoms. The summed E-state index contributed by atoms with van der Waals surface area (Å²) in [6.45, 7) is 14.9. The minimum atomic E-state index is -0.692. The molecule has 1 aliphatic rings. The molecule has 0 saturated heterocycles. The number of carbonyl (C=O) groups excluding carboxylic acids is 1. The second-order valence-corrected chi connectivity index (χ2v) is 11.0. The smallest absolute Gasteiger partial charge is 0.163 e. The van der Waals surface area contributed by atoms with E-state index in [1.807, 2.05) is 52.0 Å². The second-order valence-electron chi connectivity index (χ2n) is 10.5. The highest BCUT2D eigenvalue weighted by atomic mass is 35.5. The molecule has 0 radical (unpaired) electrons. The molecule has 0 amide bonds. The Balaban J connectivity index is 2.06. The summed E-state index contributed by atoms with van der Waals surface area (Å²) in [5, 5.41) is 1.80. The molecule has 0 unspecified atom stereocenters. The van der Waals surface area contributed by atoms with Crippen LogP contribution in [0.5, 0.6) is 0 Å². The van der Waals surface area contributed by atoms with Gasteiger partial charge in [-0.3, -0.25) is 4.79 Å². The van der Waals surface area contributed by atoms with Gasteiger partial charge in [-0.1, -0.05) is 30.2 Å². The Morgan fingerprint density at radius 3 is 2.33 bits per heavy atom. The third-order valence-electron chi connectivity index (χ3n) is 6.89. The molecule has 5 heteroatoms. The van der Waals surface area contributed by atoms with Gasteiger partial charge < -0.3 is 9.30 Å². The van der Waals surface area contributed by atoms with Crippen LogP contribution in [0.4, 0.5) is 0 Å².